The molecule has 0 aromatic carbocycles. The summed E-state index contributed by atoms with van der Waals surface area (Å²) < 4.78 is 0. The van der Waals surface area contributed by atoms with Crippen LogP contribution in [0.2, 0.25) is 0 Å². The van der Waals surface area contributed by atoms with Crippen LogP contribution in [0.4, 0.5) is 0 Å². The largest absolute Gasteiger partial charge is 0.370 e. The first-order valence-corrected chi connectivity index (χ1v) is 10.00. The number of hydrogen-bond donors (Lipinski definition) is 4. The van der Waals surface area contributed by atoms with Crippen molar-refractivity contribution in [1.29, 1.82) is 0 Å². The number of carbonyl (C=O) groups excluding carboxylic acids is 4. The van der Waals surface area contributed by atoms with E-state index in [4.69, 9.17) is 17.2 Å². The van der Waals surface area contributed by atoms with E-state index in [0.29, 0.717) is 45.2 Å². The van der Waals surface area contributed by atoms with Crippen LogP contribution in [-0.4, -0.2) is 59.5 Å². The number of ketones is 1. The molecule has 3 amide bonds. The summed E-state index contributed by atoms with van der Waals surface area (Å²) in [6.07, 6.45) is 2.48. The second-order valence-electron chi connectivity index (χ2n) is 8.56. The molecule has 7 N–H and O–H groups in total. The summed E-state index contributed by atoms with van der Waals surface area (Å²) in [4.78, 5) is 54.9. The Labute approximate surface area is 170 Å². The number of likely N-dealkylation sites (tertiary alicyclic amines) is 1. The summed E-state index contributed by atoms with van der Waals surface area (Å²) in [6, 6.07) is -1.49. The minimum absolute atomic E-state index is 0.0409. The molecule has 10 nitrogen and oxygen atoms in total. The summed E-state index contributed by atoms with van der Waals surface area (Å²) in [7, 11) is 0. The molecule has 0 radical (unpaired) electrons. The van der Waals surface area contributed by atoms with E-state index in [1.165, 1.54) is 4.90 Å². The molecule has 1 aliphatic heterocycles. The SMILES string of the molecule is CC1(C)CC(=O)CC1C(=O)N[C@@H](CCCN=C(N)N)C(=O)N1CCC[C@H]1C(N)=O. The lowest BCUT2D eigenvalue weighted by molar-refractivity contribution is -0.141. The molecule has 1 aliphatic carbocycles. The molecule has 0 spiro atoms. The number of nitrogens with one attached hydrogen (secondary N) is 1. The Morgan fingerprint density at radius 2 is 1.97 bits per heavy atom. The highest BCUT2D eigenvalue weighted by Gasteiger charge is 2.45. The predicted molar refractivity (Wildman–Crippen MR) is 107 cm³/mol. The Kier molecular flexibility index (Phi) is 7.21. The third-order valence-corrected chi connectivity index (χ3v) is 5.77. The Morgan fingerprint density at radius 1 is 1.28 bits per heavy atom. The lowest BCUT2D eigenvalue weighted by Gasteiger charge is -2.30. The summed E-state index contributed by atoms with van der Waals surface area (Å²) in [6.45, 7) is 4.48. The Balaban J connectivity index is 2.12. The van der Waals surface area contributed by atoms with E-state index >= 15 is 0 Å². The molecule has 0 aromatic rings. The van der Waals surface area contributed by atoms with E-state index in [1.54, 1.807) is 0 Å². The first-order chi connectivity index (χ1) is 13.5. The number of nitrogens with two attached hydrogens (primary N) is 3. The van der Waals surface area contributed by atoms with Gasteiger partial charge in [-0.2, -0.15) is 0 Å². The van der Waals surface area contributed by atoms with Crippen LogP contribution in [0.25, 0.3) is 0 Å². The maximum absolute atomic E-state index is 13.1. The lowest BCUT2D eigenvalue weighted by Crippen LogP contribution is -2.54. The maximum atomic E-state index is 13.1. The molecule has 1 saturated heterocycles. The van der Waals surface area contributed by atoms with Gasteiger partial charge in [-0.3, -0.25) is 24.2 Å². The summed E-state index contributed by atoms with van der Waals surface area (Å²) in [5, 5.41) is 2.81. The molecule has 162 valence electrons. The molecule has 2 fully saturated rings. The van der Waals surface area contributed by atoms with Crippen LogP contribution >= 0.6 is 0 Å². The maximum Gasteiger partial charge on any atom is 0.245 e. The van der Waals surface area contributed by atoms with Crippen molar-refractivity contribution in [1.82, 2.24) is 10.2 Å². The number of Topliss-reactive ketones (excluding diaryl/α,β-unsaturated/α-hetero) is 1. The fourth-order valence-electron chi connectivity index (χ4n) is 4.21. The smallest absolute Gasteiger partial charge is 0.245 e. The molecule has 10 heteroatoms. The van der Waals surface area contributed by atoms with E-state index in [-0.39, 0.29) is 30.0 Å². The summed E-state index contributed by atoms with van der Waals surface area (Å²) in [5.74, 6) is -1.71. The minimum Gasteiger partial charge on any atom is -0.370 e. The topological polar surface area (TPSA) is 174 Å². The van der Waals surface area contributed by atoms with Crippen LogP contribution in [0.1, 0.15) is 52.4 Å². The molecule has 1 unspecified atom stereocenters. The highest BCUT2D eigenvalue weighted by molar-refractivity contribution is 5.95. The van der Waals surface area contributed by atoms with E-state index < -0.39 is 29.3 Å². The molecular formula is C19H32N6O4. The molecular weight excluding hydrogens is 376 g/mol. The van der Waals surface area contributed by atoms with E-state index in [0.717, 1.165) is 0 Å². The van der Waals surface area contributed by atoms with E-state index in [2.05, 4.69) is 10.3 Å². The summed E-state index contributed by atoms with van der Waals surface area (Å²) in [5.41, 5.74) is 15.6. The van der Waals surface area contributed by atoms with Gasteiger partial charge in [-0.1, -0.05) is 13.8 Å². The van der Waals surface area contributed by atoms with Crippen molar-refractivity contribution in [3.8, 4) is 0 Å². The number of primary amides is 1. The highest BCUT2D eigenvalue weighted by Crippen LogP contribution is 2.40. The Hall–Kier alpha value is -2.65. The van der Waals surface area contributed by atoms with Crippen LogP contribution in [0.15, 0.2) is 4.99 Å². The van der Waals surface area contributed by atoms with Crippen molar-refractivity contribution in [2.45, 2.75) is 64.5 Å². The zero-order valence-corrected chi connectivity index (χ0v) is 17.1. The molecule has 2 aliphatic rings. The second kappa shape index (κ2) is 9.23. The lowest BCUT2D eigenvalue weighted by atomic mass is 9.81. The number of amides is 3. The molecule has 0 aromatic heterocycles. The van der Waals surface area contributed by atoms with Gasteiger partial charge in [0.05, 0.1) is 5.92 Å². The molecule has 1 saturated carbocycles. The molecule has 0 bridgehead atoms. The number of carbonyl (C=O) groups is 4. The second-order valence-corrected chi connectivity index (χ2v) is 8.56. The van der Waals surface area contributed by atoms with Crippen molar-refractivity contribution >= 4 is 29.5 Å². The van der Waals surface area contributed by atoms with Gasteiger partial charge in [-0.25, -0.2) is 0 Å². The van der Waals surface area contributed by atoms with Gasteiger partial charge in [-0.15, -0.1) is 0 Å². The standard InChI is InChI=1S/C19H32N6O4/c1-19(2)10-11(26)9-12(19)16(28)24-13(5-3-7-23-18(21)22)17(29)25-8-4-6-14(25)15(20)27/h12-14H,3-10H2,1-2H3,(H2,20,27)(H,24,28)(H4,21,22,23)/t12?,13-,14-/m0/s1. The average molecular weight is 409 g/mol. The van der Waals surface area contributed by atoms with Crippen molar-refractivity contribution in [2.75, 3.05) is 13.1 Å². The first-order valence-electron chi connectivity index (χ1n) is 10.00. The quantitative estimate of drug-likeness (QED) is 0.228. The van der Waals surface area contributed by atoms with Crippen LogP contribution in [0, 0.1) is 11.3 Å². The van der Waals surface area contributed by atoms with Gasteiger partial charge in [0.1, 0.15) is 17.9 Å². The van der Waals surface area contributed by atoms with Gasteiger partial charge in [-0.05, 0) is 31.1 Å². The first kappa shape index (κ1) is 22.6. The third-order valence-electron chi connectivity index (χ3n) is 5.77. The Bertz CT molecular complexity index is 701. The zero-order valence-electron chi connectivity index (χ0n) is 17.1. The minimum atomic E-state index is -0.830. The van der Waals surface area contributed by atoms with E-state index in [9.17, 15) is 19.2 Å². The molecule has 29 heavy (non-hydrogen) atoms. The van der Waals surface area contributed by atoms with Crippen LogP contribution in [0.3, 0.4) is 0 Å². The number of hydrogen-bond acceptors (Lipinski definition) is 5. The average Bonchev–Trinajstić information content (AvgIpc) is 3.20. The number of rotatable bonds is 8. The fourth-order valence-corrected chi connectivity index (χ4v) is 4.21. The van der Waals surface area contributed by atoms with Gasteiger partial charge >= 0.3 is 0 Å². The van der Waals surface area contributed by atoms with Gasteiger partial charge in [0.15, 0.2) is 5.96 Å². The van der Waals surface area contributed by atoms with Gasteiger partial charge in [0, 0.05) is 25.9 Å². The fraction of sp³-hybridized carbons (Fsp3) is 0.737. The number of aliphatic imine (C=N–C) groups is 1. The van der Waals surface area contributed by atoms with E-state index in [1.807, 2.05) is 13.8 Å². The molecule has 3 atom stereocenters. The molecule has 1 heterocycles. The third kappa shape index (κ3) is 5.68. The number of guanidine groups is 1. The van der Waals surface area contributed by atoms with Crippen molar-refractivity contribution in [3.63, 3.8) is 0 Å². The molecule has 2 rings (SSSR count). The van der Waals surface area contributed by atoms with Crippen LogP contribution in [0.5, 0.6) is 0 Å². The zero-order chi connectivity index (χ0) is 21.8. The van der Waals surface area contributed by atoms with Crippen LogP contribution < -0.4 is 22.5 Å². The van der Waals surface area contributed by atoms with Crippen molar-refractivity contribution < 1.29 is 19.2 Å². The van der Waals surface area contributed by atoms with Gasteiger partial charge in [0.25, 0.3) is 0 Å². The summed E-state index contributed by atoms with van der Waals surface area (Å²) >= 11 is 0. The normalized spacial score (nSPS) is 24.2. The monoisotopic (exact) mass is 408 g/mol. The predicted octanol–water partition coefficient (Wildman–Crippen LogP) is -0.994. The van der Waals surface area contributed by atoms with Crippen LogP contribution in [-0.2, 0) is 19.2 Å². The number of nitrogens with zero attached hydrogens (tertiary/aromatic N) is 2. The van der Waals surface area contributed by atoms with Crippen molar-refractivity contribution in [2.24, 2.45) is 33.5 Å². The van der Waals surface area contributed by atoms with Gasteiger partial charge < -0.3 is 27.4 Å². The Morgan fingerprint density at radius 3 is 2.52 bits per heavy atom. The highest BCUT2D eigenvalue weighted by atomic mass is 16.2. The van der Waals surface area contributed by atoms with Gasteiger partial charge in [0.2, 0.25) is 17.7 Å². The van der Waals surface area contributed by atoms with Crippen molar-refractivity contribution in [3.05, 3.63) is 0 Å².